The van der Waals surface area contributed by atoms with Crippen LogP contribution in [-0.2, 0) is 4.79 Å². The van der Waals surface area contributed by atoms with Crippen LogP contribution in [0.4, 0.5) is 5.69 Å². The second-order valence-corrected chi connectivity index (χ2v) is 7.54. The van der Waals surface area contributed by atoms with E-state index in [1.165, 1.54) is 0 Å². The maximum atomic E-state index is 12.8. The van der Waals surface area contributed by atoms with Crippen molar-refractivity contribution in [2.45, 2.75) is 17.9 Å². The van der Waals surface area contributed by atoms with Gasteiger partial charge in [0.15, 0.2) is 6.61 Å². The molecule has 0 heterocycles. The molecule has 0 aliphatic rings. The van der Waals surface area contributed by atoms with Crippen molar-refractivity contribution in [3.8, 4) is 5.75 Å². The number of anilines is 1. The van der Waals surface area contributed by atoms with E-state index in [0.29, 0.717) is 17.0 Å². The predicted octanol–water partition coefficient (Wildman–Crippen LogP) is 4.92. The Morgan fingerprint density at radius 1 is 0.933 bits per heavy atom. The Labute approximate surface area is 180 Å². The highest BCUT2D eigenvalue weighted by Gasteiger charge is 2.16. The van der Waals surface area contributed by atoms with Gasteiger partial charge < -0.3 is 15.4 Å². The van der Waals surface area contributed by atoms with Crippen molar-refractivity contribution in [2.24, 2.45) is 0 Å². The van der Waals surface area contributed by atoms with Gasteiger partial charge in [-0.3, -0.25) is 9.59 Å². The Bertz CT molecular complexity index is 991. The Morgan fingerprint density at radius 3 is 2.30 bits per heavy atom. The minimum absolute atomic E-state index is 0.144. The number of carbonyl (C=O) groups is 2. The first-order valence-electron chi connectivity index (χ1n) is 9.58. The van der Waals surface area contributed by atoms with Crippen molar-refractivity contribution in [1.82, 2.24) is 5.32 Å². The molecule has 30 heavy (non-hydrogen) atoms. The highest BCUT2D eigenvalue weighted by Crippen LogP contribution is 2.20. The molecule has 2 amide bonds. The number of rotatable bonds is 8. The number of amides is 2. The third-order valence-corrected chi connectivity index (χ3v) is 5.27. The van der Waals surface area contributed by atoms with Gasteiger partial charge in [-0.15, -0.1) is 11.8 Å². The lowest BCUT2D eigenvalue weighted by molar-refractivity contribution is -0.118. The fourth-order valence-corrected chi connectivity index (χ4v) is 3.30. The molecule has 0 fully saturated rings. The summed E-state index contributed by atoms with van der Waals surface area (Å²) in [6, 6.07) is 24.0. The van der Waals surface area contributed by atoms with Crippen LogP contribution in [0, 0.1) is 0 Å². The van der Waals surface area contributed by atoms with Gasteiger partial charge >= 0.3 is 0 Å². The van der Waals surface area contributed by atoms with Crippen LogP contribution in [0.15, 0.2) is 83.8 Å². The molecule has 0 bridgehead atoms. The molecule has 154 valence electrons. The summed E-state index contributed by atoms with van der Waals surface area (Å²) >= 11 is 1.64. The number of nitrogens with one attached hydrogen (secondary N) is 2. The molecular weight excluding hydrogens is 396 g/mol. The Morgan fingerprint density at radius 2 is 1.60 bits per heavy atom. The van der Waals surface area contributed by atoms with E-state index in [1.807, 2.05) is 67.8 Å². The molecule has 0 aliphatic carbocycles. The van der Waals surface area contributed by atoms with Crippen molar-refractivity contribution in [1.29, 1.82) is 0 Å². The van der Waals surface area contributed by atoms with Crippen LogP contribution in [-0.4, -0.2) is 24.7 Å². The van der Waals surface area contributed by atoms with Gasteiger partial charge in [0.05, 0.1) is 17.3 Å². The molecule has 6 heteroatoms. The molecule has 0 spiro atoms. The first-order valence-corrected chi connectivity index (χ1v) is 10.8. The summed E-state index contributed by atoms with van der Waals surface area (Å²) in [4.78, 5) is 26.3. The van der Waals surface area contributed by atoms with E-state index in [-0.39, 0.29) is 24.5 Å². The molecule has 3 aromatic carbocycles. The number of para-hydroxylation sites is 1. The minimum Gasteiger partial charge on any atom is -0.484 e. The zero-order chi connectivity index (χ0) is 21.3. The van der Waals surface area contributed by atoms with Gasteiger partial charge in [0.1, 0.15) is 5.75 Å². The summed E-state index contributed by atoms with van der Waals surface area (Å²) < 4.78 is 5.54. The molecule has 0 aromatic heterocycles. The zero-order valence-electron chi connectivity index (χ0n) is 16.9. The molecule has 2 N–H and O–H groups in total. The minimum atomic E-state index is -0.333. The lowest BCUT2D eigenvalue weighted by atomic mass is 10.1. The van der Waals surface area contributed by atoms with Crippen LogP contribution in [0.1, 0.15) is 28.9 Å². The average molecular weight is 421 g/mol. The van der Waals surface area contributed by atoms with Crippen molar-refractivity contribution < 1.29 is 14.3 Å². The first kappa shape index (κ1) is 21.5. The second-order valence-electron chi connectivity index (χ2n) is 6.66. The van der Waals surface area contributed by atoms with E-state index < -0.39 is 0 Å². The van der Waals surface area contributed by atoms with Crippen molar-refractivity contribution >= 4 is 29.3 Å². The van der Waals surface area contributed by atoms with Gasteiger partial charge in [0, 0.05) is 4.90 Å². The molecule has 3 aromatic rings. The fraction of sp³-hybridized carbons (Fsp3) is 0.167. The SMILES string of the molecule is CSc1ccc(OCC(=O)Nc2ccccc2C(=O)NC(C)c2ccccc2)cc1. The quantitative estimate of drug-likeness (QED) is 0.508. The number of carbonyl (C=O) groups excluding carboxylic acids is 2. The predicted molar refractivity (Wildman–Crippen MR) is 121 cm³/mol. The van der Waals surface area contributed by atoms with E-state index >= 15 is 0 Å². The molecule has 0 aliphatic heterocycles. The van der Waals surface area contributed by atoms with E-state index in [9.17, 15) is 9.59 Å². The fourth-order valence-electron chi connectivity index (χ4n) is 2.90. The number of thioether (sulfide) groups is 1. The van der Waals surface area contributed by atoms with Crippen molar-refractivity contribution in [3.63, 3.8) is 0 Å². The van der Waals surface area contributed by atoms with Crippen LogP contribution >= 0.6 is 11.8 Å². The molecule has 5 nitrogen and oxygen atoms in total. The summed E-state index contributed by atoms with van der Waals surface area (Å²) in [5, 5.41) is 5.74. The van der Waals surface area contributed by atoms with Gasteiger partial charge in [-0.05, 0) is 55.1 Å². The molecular formula is C24H24N2O3S. The van der Waals surface area contributed by atoms with Gasteiger partial charge in [-0.25, -0.2) is 0 Å². The Hall–Kier alpha value is -3.25. The lowest BCUT2D eigenvalue weighted by Crippen LogP contribution is -2.28. The number of benzene rings is 3. The van der Waals surface area contributed by atoms with E-state index in [2.05, 4.69) is 10.6 Å². The van der Waals surface area contributed by atoms with Crippen molar-refractivity contribution in [2.75, 3.05) is 18.2 Å². The topological polar surface area (TPSA) is 67.4 Å². The number of ether oxygens (including phenoxy) is 1. The van der Waals surface area contributed by atoms with Crippen LogP contribution in [0.25, 0.3) is 0 Å². The van der Waals surface area contributed by atoms with Gasteiger partial charge in [0.2, 0.25) is 0 Å². The summed E-state index contributed by atoms with van der Waals surface area (Å²) in [5.41, 5.74) is 1.85. The van der Waals surface area contributed by atoms with E-state index in [1.54, 1.807) is 36.0 Å². The second kappa shape index (κ2) is 10.5. The van der Waals surface area contributed by atoms with E-state index in [0.717, 1.165) is 10.5 Å². The third-order valence-electron chi connectivity index (χ3n) is 4.52. The maximum absolute atomic E-state index is 12.8. The highest BCUT2D eigenvalue weighted by molar-refractivity contribution is 7.98. The maximum Gasteiger partial charge on any atom is 0.262 e. The summed E-state index contributed by atoms with van der Waals surface area (Å²) in [6.45, 7) is 1.78. The summed E-state index contributed by atoms with van der Waals surface area (Å²) in [7, 11) is 0. The summed E-state index contributed by atoms with van der Waals surface area (Å²) in [6.07, 6.45) is 2.00. The molecule has 1 atom stereocenters. The lowest BCUT2D eigenvalue weighted by Gasteiger charge is -2.16. The Kier molecular flexibility index (Phi) is 7.51. The molecule has 1 unspecified atom stereocenters. The summed E-state index contributed by atoms with van der Waals surface area (Å²) in [5.74, 6) is 0.0294. The zero-order valence-corrected chi connectivity index (χ0v) is 17.7. The monoisotopic (exact) mass is 420 g/mol. The van der Waals surface area contributed by atoms with Gasteiger partial charge in [-0.1, -0.05) is 42.5 Å². The Balaban J connectivity index is 1.61. The average Bonchev–Trinajstić information content (AvgIpc) is 2.79. The molecule has 0 radical (unpaired) electrons. The van der Waals surface area contributed by atoms with Gasteiger partial charge in [0.25, 0.3) is 11.8 Å². The molecule has 0 saturated carbocycles. The third kappa shape index (κ3) is 5.87. The number of hydrogen-bond acceptors (Lipinski definition) is 4. The van der Waals surface area contributed by atoms with Gasteiger partial charge in [-0.2, -0.15) is 0 Å². The van der Waals surface area contributed by atoms with Crippen LogP contribution in [0.2, 0.25) is 0 Å². The van der Waals surface area contributed by atoms with Crippen LogP contribution < -0.4 is 15.4 Å². The standard InChI is InChI=1S/C24H24N2O3S/c1-17(18-8-4-3-5-9-18)25-24(28)21-10-6-7-11-22(21)26-23(27)16-29-19-12-14-20(30-2)15-13-19/h3-15,17H,16H2,1-2H3,(H,25,28)(H,26,27). The number of hydrogen-bond donors (Lipinski definition) is 2. The van der Waals surface area contributed by atoms with Crippen molar-refractivity contribution in [3.05, 3.63) is 90.0 Å². The molecule has 0 saturated heterocycles. The van der Waals surface area contributed by atoms with E-state index in [4.69, 9.17) is 4.74 Å². The smallest absolute Gasteiger partial charge is 0.262 e. The normalized spacial score (nSPS) is 11.4. The van der Waals surface area contributed by atoms with Crippen LogP contribution in [0.5, 0.6) is 5.75 Å². The highest BCUT2D eigenvalue weighted by atomic mass is 32.2. The first-order chi connectivity index (χ1) is 14.6. The molecule has 3 rings (SSSR count). The largest absolute Gasteiger partial charge is 0.484 e. The van der Waals surface area contributed by atoms with Crippen LogP contribution in [0.3, 0.4) is 0 Å².